The topological polar surface area (TPSA) is 77.9 Å². The molecule has 0 spiro atoms. The Kier molecular flexibility index (Phi) is 7.29. The number of aliphatic hydroxyl groups is 1. The van der Waals surface area contributed by atoms with Crippen LogP contribution in [0.15, 0.2) is 53.4 Å². The summed E-state index contributed by atoms with van der Waals surface area (Å²) in [5, 5.41) is 11.0. The molecule has 30 heavy (non-hydrogen) atoms. The highest BCUT2D eigenvalue weighted by atomic mass is 35.5. The average Bonchev–Trinajstić information content (AvgIpc) is 2.72. The monoisotopic (exact) mass is 470 g/mol. The molecule has 1 aliphatic carbocycles. The number of hydrogen-bond donors (Lipinski definition) is 1. The van der Waals surface area contributed by atoms with E-state index in [1.807, 2.05) is 0 Å². The van der Waals surface area contributed by atoms with E-state index in [2.05, 4.69) is 0 Å². The number of halogens is 2. The number of carbonyl (C=O) groups is 1. The molecule has 0 bridgehead atoms. The summed E-state index contributed by atoms with van der Waals surface area (Å²) in [5.74, 6) is -0.404. The Balaban J connectivity index is 1.94. The van der Waals surface area contributed by atoms with E-state index in [1.165, 1.54) is 35.2 Å². The highest BCUT2D eigenvalue weighted by molar-refractivity contribution is 7.92. The van der Waals surface area contributed by atoms with E-state index >= 15 is 0 Å². The number of anilines is 1. The van der Waals surface area contributed by atoms with Crippen LogP contribution in [0.3, 0.4) is 0 Å². The molecule has 1 aliphatic rings. The zero-order valence-corrected chi connectivity index (χ0v) is 18.9. The molecule has 1 saturated carbocycles. The van der Waals surface area contributed by atoms with Crippen LogP contribution in [0.2, 0.25) is 10.0 Å². The van der Waals surface area contributed by atoms with Crippen LogP contribution in [0.4, 0.5) is 5.69 Å². The summed E-state index contributed by atoms with van der Waals surface area (Å²) in [6.07, 6.45) is 2.54. The third-order valence-electron chi connectivity index (χ3n) is 5.36. The first kappa shape index (κ1) is 22.9. The van der Waals surface area contributed by atoms with Crippen LogP contribution in [0.5, 0.6) is 0 Å². The van der Waals surface area contributed by atoms with E-state index in [0.717, 1.165) is 17.1 Å². The lowest BCUT2D eigenvalue weighted by molar-refractivity contribution is -0.133. The summed E-state index contributed by atoms with van der Waals surface area (Å²) >= 11 is 12.0. The van der Waals surface area contributed by atoms with Crippen molar-refractivity contribution in [2.24, 2.45) is 0 Å². The Morgan fingerprint density at radius 1 is 1.07 bits per heavy atom. The van der Waals surface area contributed by atoms with Crippen molar-refractivity contribution in [1.29, 1.82) is 0 Å². The summed E-state index contributed by atoms with van der Waals surface area (Å²) in [4.78, 5) is 14.5. The molecule has 162 valence electrons. The van der Waals surface area contributed by atoms with Gasteiger partial charge in [0.25, 0.3) is 10.0 Å². The van der Waals surface area contributed by atoms with Gasteiger partial charge in [0, 0.05) is 17.1 Å². The second kappa shape index (κ2) is 9.56. The summed E-state index contributed by atoms with van der Waals surface area (Å²) < 4.78 is 27.8. The zero-order valence-electron chi connectivity index (χ0n) is 16.5. The summed E-state index contributed by atoms with van der Waals surface area (Å²) in [5.41, 5.74) is 0.281. The number of benzene rings is 2. The van der Waals surface area contributed by atoms with Gasteiger partial charge in [0.1, 0.15) is 6.54 Å². The maximum Gasteiger partial charge on any atom is 0.264 e. The number of likely N-dealkylation sites (N-methyl/N-ethyl adjacent to an activating group) is 1. The van der Waals surface area contributed by atoms with E-state index < -0.39 is 28.6 Å². The Hall–Kier alpha value is -1.80. The smallest absolute Gasteiger partial charge is 0.264 e. The number of sulfonamides is 1. The minimum absolute atomic E-state index is 0.0139. The molecule has 0 heterocycles. The molecule has 1 amide bonds. The first-order valence-electron chi connectivity index (χ1n) is 9.68. The summed E-state index contributed by atoms with van der Waals surface area (Å²) in [6, 6.07) is 11.8. The first-order chi connectivity index (χ1) is 14.2. The van der Waals surface area contributed by atoms with Crippen LogP contribution in [0.1, 0.15) is 25.7 Å². The summed E-state index contributed by atoms with van der Waals surface area (Å²) in [6.45, 7) is -0.412. The minimum atomic E-state index is -4.05. The quantitative estimate of drug-likeness (QED) is 0.692. The van der Waals surface area contributed by atoms with Gasteiger partial charge in [-0.3, -0.25) is 9.10 Å². The lowest BCUT2D eigenvalue weighted by atomic mass is 9.91. The van der Waals surface area contributed by atoms with Gasteiger partial charge < -0.3 is 10.0 Å². The van der Waals surface area contributed by atoms with Crippen LogP contribution in [-0.2, 0) is 14.8 Å². The molecule has 1 N–H and O–H groups in total. The van der Waals surface area contributed by atoms with Crippen LogP contribution in [0, 0.1) is 0 Å². The molecule has 2 unspecified atom stereocenters. The Morgan fingerprint density at radius 3 is 2.37 bits per heavy atom. The Morgan fingerprint density at radius 2 is 1.73 bits per heavy atom. The van der Waals surface area contributed by atoms with Crippen molar-refractivity contribution in [1.82, 2.24) is 4.90 Å². The van der Waals surface area contributed by atoms with Crippen molar-refractivity contribution in [2.45, 2.75) is 42.7 Å². The Bertz CT molecular complexity index is 998. The van der Waals surface area contributed by atoms with Gasteiger partial charge in [-0.1, -0.05) is 42.1 Å². The molecular formula is C21H24Cl2N2O4S. The normalized spacial score (nSPS) is 19.3. The van der Waals surface area contributed by atoms with Crippen LogP contribution >= 0.6 is 23.2 Å². The van der Waals surface area contributed by atoms with Crippen molar-refractivity contribution < 1.29 is 18.3 Å². The van der Waals surface area contributed by atoms with E-state index in [4.69, 9.17) is 23.2 Å². The molecule has 0 saturated heterocycles. The molecule has 0 aliphatic heterocycles. The maximum absolute atomic E-state index is 13.4. The molecule has 1 fully saturated rings. The number of carbonyl (C=O) groups excluding carboxylic acids is 1. The number of aliphatic hydroxyl groups excluding tert-OH is 1. The van der Waals surface area contributed by atoms with Gasteiger partial charge in [-0.05, 0) is 55.3 Å². The van der Waals surface area contributed by atoms with Gasteiger partial charge in [-0.25, -0.2) is 8.42 Å². The van der Waals surface area contributed by atoms with Gasteiger partial charge in [-0.2, -0.15) is 0 Å². The molecule has 3 rings (SSSR count). The molecular weight excluding hydrogens is 447 g/mol. The van der Waals surface area contributed by atoms with Crippen LogP contribution in [0.25, 0.3) is 0 Å². The largest absolute Gasteiger partial charge is 0.391 e. The highest BCUT2D eigenvalue weighted by Crippen LogP contribution is 2.28. The number of nitrogens with zero attached hydrogens (tertiary/aromatic N) is 2. The fraction of sp³-hybridized carbons (Fsp3) is 0.381. The van der Waals surface area contributed by atoms with Crippen LogP contribution < -0.4 is 4.31 Å². The lowest BCUT2D eigenvalue weighted by Gasteiger charge is -2.36. The summed E-state index contributed by atoms with van der Waals surface area (Å²) in [7, 11) is -2.45. The maximum atomic E-state index is 13.4. The number of hydrogen-bond acceptors (Lipinski definition) is 4. The number of amides is 1. The SMILES string of the molecule is CN(C(=O)CN(c1cccc(Cl)c1)S(=O)(=O)c1ccc(Cl)cc1)C1CCCCC1O. The fourth-order valence-corrected chi connectivity index (χ4v) is 5.36. The van der Waals surface area contributed by atoms with Crippen molar-refractivity contribution in [3.8, 4) is 0 Å². The molecule has 0 radical (unpaired) electrons. The Labute approximate surface area is 187 Å². The van der Waals surface area contributed by atoms with Crippen molar-refractivity contribution in [3.05, 3.63) is 58.6 Å². The van der Waals surface area contributed by atoms with Crippen molar-refractivity contribution in [2.75, 3.05) is 17.9 Å². The zero-order chi connectivity index (χ0) is 21.9. The van der Waals surface area contributed by atoms with Gasteiger partial charge in [0.05, 0.1) is 22.7 Å². The fourth-order valence-electron chi connectivity index (χ4n) is 3.64. The lowest BCUT2D eigenvalue weighted by Crippen LogP contribution is -2.50. The average molecular weight is 471 g/mol. The van der Waals surface area contributed by atoms with Gasteiger partial charge >= 0.3 is 0 Å². The first-order valence-corrected chi connectivity index (χ1v) is 11.9. The highest BCUT2D eigenvalue weighted by Gasteiger charge is 2.33. The van der Waals surface area contributed by atoms with E-state index in [9.17, 15) is 18.3 Å². The third kappa shape index (κ3) is 5.09. The molecule has 6 nitrogen and oxygen atoms in total. The number of rotatable bonds is 6. The van der Waals surface area contributed by atoms with Gasteiger partial charge in [-0.15, -0.1) is 0 Å². The van der Waals surface area contributed by atoms with E-state index in [-0.39, 0.29) is 16.6 Å². The second-order valence-electron chi connectivity index (χ2n) is 7.37. The van der Waals surface area contributed by atoms with Gasteiger partial charge in [0.15, 0.2) is 0 Å². The third-order valence-corrected chi connectivity index (χ3v) is 7.64. The predicted molar refractivity (Wildman–Crippen MR) is 118 cm³/mol. The minimum Gasteiger partial charge on any atom is -0.391 e. The molecule has 2 atom stereocenters. The van der Waals surface area contributed by atoms with E-state index in [1.54, 1.807) is 25.2 Å². The van der Waals surface area contributed by atoms with Crippen LogP contribution in [-0.4, -0.2) is 50.1 Å². The molecule has 2 aromatic carbocycles. The van der Waals surface area contributed by atoms with Crippen molar-refractivity contribution in [3.63, 3.8) is 0 Å². The second-order valence-corrected chi connectivity index (χ2v) is 10.1. The molecule has 9 heteroatoms. The predicted octanol–water partition coefficient (Wildman–Crippen LogP) is 3.95. The molecule has 0 aromatic heterocycles. The van der Waals surface area contributed by atoms with Gasteiger partial charge in [0.2, 0.25) is 5.91 Å². The standard InChI is InChI=1S/C21H24Cl2N2O4S/c1-24(19-7-2-3-8-20(19)26)21(27)14-25(17-6-4-5-16(23)13-17)30(28,29)18-11-9-15(22)10-12-18/h4-6,9-13,19-20,26H,2-3,7-8,14H2,1H3. The van der Waals surface area contributed by atoms with E-state index in [0.29, 0.717) is 22.9 Å². The molecule has 2 aromatic rings. The van der Waals surface area contributed by atoms with Crippen molar-refractivity contribution >= 4 is 44.8 Å².